The van der Waals surface area contributed by atoms with Gasteiger partial charge < -0.3 is 0 Å². The maximum absolute atomic E-state index is 11.1. The van der Waals surface area contributed by atoms with Crippen LogP contribution in [0.5, 0.6) is 0 Å². The molecule has 0 saturated carbocycles. The van der Waals surface area contributed by atoms with Gasteiger partial charge in [-0.05, 0) is 12.1 Å². The predicted molar refractivity (Wildman–Crippen MR) is 68.4 cm³/mol. The fourth-order valence-corrected chi connectivity index (χ4v) is 2.90. The molecule has 0 saturated heterocycles. The van der Waals surface area contributed by atoms with Crippen LogP contribution in [0.4, 0.5) is 5.69 Å². The second-order valence-corrected chi connectivity index (χ2v) is 6.49. The summed E-state index contributed by atoms with van der Waals surface area (Å²) in [6.07, 6.45) is 0. The lowest BCUT2D eigenvalue weighted by Gasteiger charge is -1.98. The summed E-state index contributed by atoms with van der Waals surface area (Å²) in [4.78, 5) is 10.3. The Morgan fingerprint density at radius 2 is 2.05 bits per heavy atom. The Balaban J connectivity index is 2.60. The van der Waals surface area contributed by atoms with Crippen molar-refractivity contribution in [1.82, 2.24) is 10.2 Å². The molecule has 8 nitrogen and oxygen atoms in total. The molecule has 0 bridgehead atoms. The molecule has 0 unspecified atom stereocenters. The van der Waals surface area contributed by atoms with E-state index in [1.54, 1.807) is 0 Å². The Bertz CT molecular complexity index is 758. The quantitative estimate of drug-likeness (QED) is 0.672. The van der Waals surface area contributed by atoms with Gasteiger partial charge in [-0.2, -0.15) is 0 Å². The molecular weight excluding hydrogens is 316 g/mol. The first-order valence-electron chi connectivity index (χ1n) is 4.59. The van der Waals surface area contributed by atoms with E-state index in [2.05, 4.69) is 10.2 Å². The third-order valence-electron chi connectivity index (χ3n) is 2.04. The standard InChI is InChI=1S/C8H5ClN4O4S2/c9-4-1-2-5(6(3-4)13(14)15)7-11-12-8(18-7)19(10,16)17/h1-3H,(H2,10,16,17). The summed E-state index contributed by atoms with van der Waals surface area (Å²) in [5.74, 6) is 0. The average Bonchev–Trinajstić information content (AvgIpc) is 2.77. The first-order chi connectivity index (χ1) is 8.79. The van der Waals surface area contributed by atoms with E-state index >= 15 is 0 Å². The molecule has 0 fully saturated rings. The number of hydrogen-bond acceptors (Lipinski definition) is 7. The van der Waals surface area contributed by atoms with Crippen molar-refractivity contribution >= 4 is 38.6 Å². The lowest BCUT2D eigenvalue weighted by Crippen LogP contribution is -2.11. The van der Waals surface area contributed by atoms with Crippen LogP contribution in [-0.2, 0) is 10.0 Å². The van der Waals surface area contributed by atoms with E-state index in [1.165, 1.54) is 12.1 Å². The Morgan fingerprint density at radius 1 is 1.37 bits per heavy atom. The monoisotopic (exact) mass is 320 g/mol. The van der Waals surface area contributed by atoms with Gasteiger partial charge in [0.2, 0.25) is 4.34 Å². The third kappa shape index (κ3) is 2.87. The van der Waals surface area contributed by atoms with E-state index in [9.17, 15) is 18.5 Å². The van der Waals surface area contributed by atoms with E-state index in [-0.39, 0.29) is 21.3 Å². The molecule has 0 aliphatic heterocycles. The van der Waals surface area contributed by atoms with Gasteiger partial charge in [-0.3, -0.25) is 10.1 Å². The normalized spacial score (nSPS) is 11.5. The highest BCUT2D eigenvalue weighted by Crippen LogP contribution is 2.34. The van der Waals surface area contributed by atoms with Gasteiger partial charge in [-0.25, -0.2) is 13.6 Å². The Hall–Kier alpha value is -1.62. The van der Waals surface area contributed by atoms with Gasteiger partial charge in [0.25, 0.3) is 15.7 Å². The number of nitro groups is 1. The number of rotatable bonds is 3. The van der Waals surface area contributed by atoms with Crippen molar-refractivity contribution in [2.45, 2.75) is 4.34 Å². The first-order valence-corrected chi connectivity index (χ1v) is 7.34. The summed E-state index contributed by atoms with van der Waals surface area (Å²) in [6.45, 7) is 0. The van der Waals surface area contributed by atoms with Crippen molar-refractivity contribution in [2.24, 2.45) is 5.14 Å². The van der Waals surface area contributed by atoms with Crippen LogP contribution in [-0.4, -0.2) is 23.5 Å². The number of nitrogens with zero attached hydrogens (tertiary/aromatic N) is 3. The van der Waals surface area contributed by atoms with Gasteiger partial charge in [-0.1, -0.05) is 22.9 Å². The zero-order valence-electron chi connectivity index (χ0n) is 8.98. The van der Waals surface area contributed by atoms with Gasteiger partial charge in [0.1, 0.15) is 0 Å². The SMILES string of the molecule is NS(=O)(=O)c1nnc(-c2ccc(Cl)cc2[N+](=O)[O-])s1. The Labute approximate surface area is 116 Å². The predicted octanol–water partition coefficient (Wildman–Crippen LogP) is 1.41. The van der Waals surface area contributed by atoms with Crippen LogP contribution in [0.2, 0.25) is 5.02 Å². The second-order valence-electron chi connectivity index (χ2n) is 3.34. The number of aromatic nitrogens is 2. The van der Waals surface area contributed by atoms with Crippen LogP contribution in [0.25, 0.3) is 10.6 Å². The Morgan fingerprint density at radius 3 is 2.58 bits per heavy atom. The highest BCUT2D eigenvalue weighted by Gasteiger charge is 2.22. The fraction of sp³-hybridized carbons (Fsp3) is 0. The molecule has 0 amide bonds. The van der Waals surface area contributed by atoms with E-state index in [0.29, 0.717) is 11.3 Å². The molecule has 0 aliphatic carbocycles. The smallest absolute Gasteiger partial charge is 0.258 e. The molecule has 19 heavy (non-hydrogen) atoms. The summed E-state index contributed by atoms with van der Waals surface area (Å²) < 4.78 is 21.8. The molecule has 11 heteroatoms. The molecule has 0 atom stereocenters. The lowest BCUT2D eigenvalue weighted by atomic mass is 10.2. The van der Waals surface area contributed by atoms with Crippen molar-refractivity contribution in [3.63, 3.8) is 0 Å². The number of sulfonamides is 1. The molecule has 1 aromatic carbocycles. The molecule has 0 radical (unpaired) electrons. The van der Waals surface area contributed by atoms with Crippen LogP contribution in [0, 0.1) is 10.1 Å². The summed E-state index contributed by atoms with van der Waals surface area (Å²) in [5.41, 5.74) is -0.161. The second kappa shape index (κ2) is 4.81. The van der Waals surface area contributed by atoms with Gasteiger partial charge in [-0.15, -0.1) is 10.2 Å². The molecule has 2 rings (SSSR count). The average molecular weight is 321 g/mol. The van der Waals surface area contributed by atoms with Crippen LogP contribution < -0.4 is 5.14 Å². The number of nitrogens with two attached hydrogens (primary N) is 1. The lowest BCUT2D eigenvalue weighted by molar-refractivity contribution is -0.384. The summed E-state index contributed by atoms with van der Waals surface area (Å²) in [5, 5.41) is 23.0. The van der Waals surface area contributed by atoms with Crippen molar-refractivity contribution in [3.8, 4) is 10.6 Å². The van der Waals surface area contributed by atoms with Crippen LogP contribution in [0.3, 0.4) is 0 Å². The topological polar surface area (TPSA) is 129 Å². The first kappa shape index (κ1) is 13.8. The molecule has 100 valence electrons. The van der Waals surface area contributed by atoms with Crippen molar-refractivity contribution < 1.29 is 13.3 Å². The summed E-state index contributed by atoms with van der Waals surface area (Å²) >= 11 is 6.32. The van der Waals surface area contributed by atoms with Gasteiger partial charge in [0.15, 0.2) is 5.01 Å². The van der Waals surface area contributed by atoms with Crippen LogP contribution in [0.15, 0.2) is 22.5 Å². The molecule has 0 spiro atoms. The zero-order valence-corrected chi connectivity index (χ0v) is 11.4. The van der Waals surface area contributed by atoms with Gasteiger partial charge >= 0.3 is 0 Å². The number of benzene rings is 1. The maximum Gasteiger partial charge on any atom is 0.281 e. The van der Waals surface area contributed by atoms with Crippen molar-refractivity contribution in [1.29, 1.82) is 0 Å². The van der Waals surface area contributed by atoms with Gasteiger partial charge in [0.05, 0.1) is 10.5 Å². The van der Waals surface area contributed by atoms with Crippen LogP contribution >= 0.6 is 22.9 Å². The summed E-state index contributed by atoms with van der Waals surface area (Å²) in [7, 11) is -3.98. The van der Waals surface area contributed by atoms with E-state index in [0.717, 1.165) is 6.07 Å². The minimum atomic E-state index is -3.98. The number of halogens is 1. The highest BCUT2D eigenvalue weighted by atomic mass is 35.5. The molecule has 1 aromatic heterocycles. The van der Waals surface area contributed by atoms with Gasteiger partial charge in [0, 0.05) is 11.1 Å². The molecule has 2 aromatic rings. The minimum absolute atomic E-state index is 0.0763. The molecule has 1 heterocycles. The highest BCUT2D eigenvalue weighted by molar-refractivity contribution is 7.91. The molecule has 2 N–H and O–H groups in total. The molecule has 0 aliphatic rings. The van der Waals surface area contributed by atoms with Crippen LogP contribution in [0.1, 0.15) is 0 Å². The van der Waals surface area contributed by atoms with E-state index in [1.807, 2.05) is 0 Å². The van der Waals surface area contributed by atoms with Crippen molar-refractivity contribution in [2.75, 3.05) is 0 Å². The fourth-order valence-electron chi connectivity index (χ4n) is 1.27. The maximum atomic E-state index is 11.1. The van der Waals surface area contributed by atoms with E-state index in [4.69, 9.17) is 16.7 Å². The minimum Gasteiger partial charge on any atom is -0.258 e. The molecular formula is C8H5ClN4O4S2. The zero-order chi connectivity index (χ0) is 14.2. The van der Waals surface area contributed by atoms with Crippen molar-refractivity contribution in [3.05, 3.63) is 33.3 Å². The summed E-state index contributed by atoms with van der Waals surface area (Å²) in [6, 6.07) is 3.95. The largest absolute Gasteiger partial charge is 0.281 e. The Kier molecular flexibility index (Phi) is 3.49. The number of nitro benzene ring substituents is 1. The number of hydrogen-bond donors (Lipinski definition) is 1. The number of primary sulfonamides is 1. The third-order valence-corrected chi connectivity index (χ3v) is 4.54. The van der Waals surface area contributed by atoms with E-state index < -0.39 is 19.3 Å².